The van der Waals surface area contributed by atoms with E-state index in [1.807, 2.05) is 21.9 Å². The van der Waals surface area contributed by atoms with Crippen molar-refractivity contribution < 1.29 is 14.6 Å². The van der Waals surface area contributed by atoms with Crippen LogP contribution < -0.4 is 9.64 Å². The van der Waals surface area contributed by atoms with Crippen LogP contribution in [-0.2, 0) is 4.79 Å². The van der Waals surface area contributed by atoms with Crippen molar-refractivity contribution >= 4 is 23.2 Å². The van der Waals surface area contributed by atoms with Crippen LogP contribution >= 0.6 is 11.6 Å². The highest BCUT2D eigenvalue weighted by Gasteiger charge is 2.30. The zero-order valence-electron chi connectivity index (χ0n) is 12.7. The van der Waals surface area contributed by atoms with E-state index in [1.54, 1.807) is 13.0 Å². The number of ether oxygens (including phenoxy) is 1. The van der Waals surface area contributed by atoms with Gasteiger partial charge in [-0.05, 0) is 31.5 Å². The number of hydrogen-bond donors (Lipinski definition) is 1. The van der Waals surface area contributed by atoms with E-state index >= 15 is 0 Å². The molecule has 1 aromatic rings. The standard InChI is InChI=1S/C16H21ClN2O3/c1-11(20)12-4-5-19(9-12)16(21)10-18-6-7-22-15-3-2-13(17)8-14(15)18/h2-3,8,11-12,20H,4-7,9-10H2,1H3. The first-order chi connectivity index (χ1) is 10.5. The molecule has 1 N–H and O–H groups in total. The summed E-state index contributed by atoms with van der Waals surface area (Å²) >= 11 is 6.05. The van der Waals surface area contributed by atoms with Gasteiger partial charge in [0.15, 0.2) is 0 Å². The van der Waals surface area contributed by atoms with E-state index in [4.69, 9.17) is 16.3 Å². The molecule has 2 unspecified atom stereocenters. The third kappa shape index (κ3) is 3.15. The number of anilines is 1. The van der Waals surface area contributed by atoms with Crippen molar-refractivity contribution in [3.8, 4) is 5.75 Å². The van der Waals surface area contributed by atoms with Gasteiger partial charge in [-0.1, -0.05) is 11.6 Å². The average Bonchev–Trinajstić information content (AvgIpc) is 2.98. The maximum Gasteiger partial charge on any atom is 0.242 e. The number of likely N-dealkylation sites (tertiary alicyclic amines) is 1. The maximum absolute atomic E-state index is 12.5. The van der Waals surface area contributed by atoms with Gasteiger partial charge in [-0.25, -0.2) is 0 Å². The second-order valence-electron chi connectivity index (χ2n) is 6.01. The van der Waals surface area contributed by atoms with E-state index in [1.165, 1.54) is 0 Å². The molecule has 2 aliphatic rings. The van der Waals surface area contributed by atoms with Crippen molar-refractivity contribution in [1.29, 1.82) is 0 Å². The van der Waals surface area contributed by atoms with E-state index in [-0.39, 0.29) is 17.9 Å². The molecule has 2 heterocycles. The fourth-order valence-corrected chi connectivity index (χ4v) is 3.25. The molecule has 22 heavy (non-hydrogen) atoms. The summed E-state index contributed by atoms with van der Waals surface area (Å²) in [5.74, 6) is 1.05. The Kier molecular flexibility index (Phi) is 4.45. The molecule has 5 nitrogen and oxygen atoms in total. The van der Waals surface area contributed by atoms with Crippen molar-refractivity contribution in [3.05, 3.63) is 23.2 Å². The zero-order chi connectivity index (χ0) is 15.7. The van der Waals surface area contributed by atoms with Crippen LogP contribution in [0.1, 0.15) is 13.3 Å². The van der Waals surface area contributed by atoms with Crippen LogP contribution in [0.3, 0.4) is 0 Å². The molecule has 1 fully saturated rings. The number of fused-ring (bicyclic) bond motifs is 1. The smallest absolute Gasteiger partial charge is 0.242 e. The third-order valence-corrected chi connectivity index (χ3v) is 4.70. The number of nitrogens with zero attached hydrogens (tertiary/aromatic N) is 2. The minimum Gasteiger partial charge on any atom is -0.490 e. The monoisotopic (exact) mass is 324 g/mol. The highest BCUT2D eigenvalue weighted by molar-refractivity contribution is 6.31. The molecule has 2 aliphatic heterocycles. The molecule has 1 amide bonds. The largest absolute Gasteiger partial charge is 0.490 e. The van der Waals surface area contributed by atoms with Crippen LogP contribution in [0, 0.1) is 5.92 Å². The molecule has 3 rings (SSSR count). The van der Waals surface area contributed by atoms with Crippen LogP contribution in [0.25, 0.3) is 0 Å². The molecule has 1 saturated heterocycles. The van der Waals surface area contributed by atoms with E-state index in [0.717, 1.165) is 24.4 Å². The van der Waals surface area contributed by atoms with Crippen LogP contribution in [0.15, 0.2) is 18.2 Å². The molecular formula is C16H21ClN2O3. The van der Waals surface area contributed by atoms with Crippen molar-refractivity contribution in [3.63, 3.8) is 0 Å². The Balaban J connectivity index is 1.67. The first kappa shape index (κ1) is 15.4. The summed E-state index contributed by atoms with van der Waals surface area (Å²) < 4.78 is 5.61. The lowest BCUT2D eigenvalue weighted by molar-refractivity contribution is -0.128. The lowest BCUT2D eigenvalue weighted by atomic mass is 10.0. The molecule has 0 saturated carbocycles. The van der Waals surface area contributed by atoms with Crippen LogP contribution in [0.5, 0.6) is 5.75 Å². The highest BCUT2D eigenvalue weighted by Crippen LogP contribution is 2.34. The van der Waals surface area contributed by atoms with Gasteiger partial charge in [0.25, 0.3) is 0 Å². The number of rotatable bonds is 3. The fourth-order valence-electron chi connectivity index (χ4n) is 3.08. The molecule has 0 radical (unpaired) electrons. The predicted octanol–water partition coefficient (Wildman–Crippen LogP) is 1.77. The Morgan fingerprint density at radius 1 is 1.50 bits per heavy atom. The van der Waals surface area contributed by atoms with Crippen molar-refractivity contribution in [2.75, 3.05) is 37.7 Å². The van der Waals surface area contributed by atoms with Crippen LogP contribution in [0.4, 0.5) is 5.69 Å². The Hall–Kier alpha value is -1.46. The molecule has 0 spiro atoms. The Bertz CT molecular complexity index is 564. The maximum atomic E-state index is 12.5. The second-order valence-corrected chi connectivity index (χ2v) is 6.45. The van der Waals surface area contributed by atoms with E-state index in [2.05, 4.69) is 0 Å². The summed E-state index contributed by atoms with van der Waals surface area (Å²) in [6.45, 7) is 4.72. The predicted molar refractivity (Wildman–Crippen MR) is 85.5 cm³/mol. The van der Waals surface area contributed by atoms with Crippen molar-refractivity contribution in [1.82, 2.24) is 4.90 Å². The summed E-state index contributed by atoms with van der Waals surface area (Å²) in [6.07, 6.45) is 0.510. The fraction of sp³-hybridized carbons (Fsp3) is 0.562. The van der Waals surface area contributed by atoms with Gasteiger partial charge < -0.3 is 19.6 Å². The second kappa shape index (κ2) is 6.34. The summed E-state index contributed by atoms with van der Waals surface area (Å²) in [5, 5.41) is 10.3. The van der Waals surface area contributed by atoms with E-state index < -0.39 is 0 Å². The average molecular weight is 325 g/mol. The normalized spacial score (nSPS) is 22.2. The lowest BCUT2D eigenvalue weighted by Gasteiger charge is -2.32. The number of aliphatic hydroxyl groups excluding tert-OH is 1. The molecule has 2 atom stereocenters. The number of hydrogen-bond acceptors (Lipinski definition) is 4. The molecule has 6 heteroatoms. The Morgan fingerprint density at radius 3 is 3.05 bits per heavy atom. The SMILES string of the molecule is CC(O)C1CCN(C(=O)CN2CCOc3ccc(Cl)cc32)C1. The number of aliphatic hydroxyl groups is 1. The van der Waals surface area contributed by atoms with Gasteiger partial charge in [-0.2, -0.15) is 0 Å². The van der Waals surface area contributed by atoms with Crippen LogP contribution in [-0.4, -0.2) is 54.8 Å². The molecular weight excluding hydrogens is 304 g/mol. The minimum absolute atomic E-state index is 0.0935. The molecule has 0 bridgehead atoms. The molecule has 0 aliphatic carbocycles. The molecule has 1 aromatic carbocycles. The zero-order valence-corrected chi connectivity index (χ0v) is 13.4. The third-order valence-electron chi connectivity index (χ3n) is 4.47. The van der Waals surface area contributed by atoms with Gasteiger partial charge in [0.1, 0.15) is 12.4 Å². The first-order valence-electron chi connectivity index (χ1n) is 7.67. The minimum atomic E-state index is -0.360. The van der Waals surface area contributed by atoms with Gasteiger partial charge in [0.2, 0.25) is 5.91 Å². The topological polar surface area (TPSA) is 53.0 Å². The highest BCUT2D eigenvalue weighted by atomic mass is 35.5. The number of carbonyl (C=O) groups is 1. The number of halogens is 1. The van der Waals surface area contributed by atoms with E-state index in [0.29, 0.717) is 31.3 Å². The van der Waals surface area contributed by atoms with Gasteiger partial charge in [0.05, 0.1) is 24.9 Å². The number of benzene rings is 1. The van der Waals surface area contributed by atoms with Crippen LogP contribution in [0.2, 0.25) is 5.02 Å². The summed E-state index contributed by atoms with van der Waals surface area (Å²) in [7, 11) is 0. The summed E-state index contributed by atoms with van der Waals surface area (Å²) in [4.78, 5) is 16.4. The summed E-state index contributed by atoms with van der Waals surface area (Å²) in [6, 6.07) is 5.47. The van der Waals surface area contributed by atoms with Crippen molar-refractivity contribution in [2.24, 2.45) is 5.92 Å². The van der Waals surface area contributed by atoms with Crippen molar-refractivity contribution in [2.45, 2.75) is 19.4 Å². The van der Waals surface area contributed by atoms with Gasteiger partial charge in [0, 0.05) is 24.0 Å². The Labute approximate surface area is 135 Å². The van der Waals surface area contributed by atoms with Gasteiger partial charge in [-0.3, -0.25) is 4.79 Å². The first-order valence-corrected chi connectivity index (χ1v) is 8.05. The van der Waals surface area contributed by atoms with E-state index in [9.17, 15) is 9.90 Å². The van der Waals surface area contributed by atoms with Gasteiger partial charge >= 0.3 is 0 Å². The number of carbonyl (C=O) groups excluding carboxylic acids is 1. The quantitative estimate of drug-likeness (QED) is 0.920. The summed E-state index contributed by atoms with van der Waals surface area (Å²) in [5.41, 5.74) is 0.873. The molecule has 120 valence electrons. The molecule has 0 aromatic heterocycles. The number of amides is 1. The Morgan fingerprint density at radius 2 is 2.32 bits per heavy atom. The lowest BCUT2D eigenvalue weighted by Crippen LogP contribution is -2.42. The van der Waals surface area contributed by atoms with Gasteiger partial charge in [-0.15, -0.1) is 0 Å².